The quantitative estimate of drug-likeness (QED) is 0.895. The molecule has 0 amide bonds. The normalized spacial score (nSPS) is 12.4. The van der Waals surface area contributed by atoms with E-state index in [1.54, 1.807) is 6.07 Å². The Hall–Kier alpha value is -1.84. The summed E-state index contributed by atoms with van der Waals surface area (Å²) in [5.74, 6) is -0.227. The first-order valence-electron chi connectivity index (χ1n) is 6.15. The molecule has 0 saturated carbocycles. The van der Waals surface area contributed by atoms with Crippen LogP contribution in [0.25, 0.3) is 0 Å². The van der Waals surface area contributed by atoms with Gasteiger partial charge in [0.05, 0.1) is 17.9 Å². The van der Waals surface area contributed by atoms with Crippen LogP contribution in [0.4, 0.5) is 10.1 Å². The lowest BCUT2D eigenvalue weighted by atomic mass is 10.1. The SMILES string of the molecule is CCn1cc(C(C)Nc2cc(C)ccc2F)cn1. The molecule has 0 radical (unpaired) electrons. The van der Waals surface area contributed by atoms with Crippen LogP contribution in [0.1, 0.15) is 31.0 Å². The summed E-state index contributed by atoms with van der Waals surface area (Å²) in [6.45, 7) is 6.82. The van der Waals surface area contributed by atoms with Gasteiger partial charge in [-0.15, -0.1) is 0 Å². The highest BCUT2D eigenvalue weighted by Crippen LogP contribution is 2.22. The predicted octanol–water partition coefficient (Wildman–Crippen LogP) is 3.52. The fourth-order valence-corrected chi connectivity index (χ4v) is 1.84. The first-order chi connectivity index (χ1) is 8.60. The van der Waals surface area contributed by atoms with Gasteiger partial charge in [0.2, 0.25) is 0 Å². The van der Waals surface area contributed by atoms with Crippen LogP contribution in [0.3, 0.4) is 0 Å². The second kappa shape index (κ2) is 5.21. The number of hydrogen-bond acceptors (Lipinski definition) is 2. The molecule has 0 saturated heterocycles. The number of aromatic nitrogens is 2. The molecule has 0 aliphatic heterocycles. The lowest BCUT2D eigenvalue weighted by Gasteiger charge is -2.14. The zero-order valence-electron chi connectivity index (χ0n) is 10.9. The Bertz CT molecular complexity index is 534. The fraction of sp³-hybridized carbons (Fsp3) is 0.357. The molecule has 1 heterocycles. The molecule has 0 bridgehead atoms. The molecule has 0 aliphatic rings. The summed E-state index contributed by atoms with van der Waals surface area (Å²) < 4.78 is 15.5. The average molecular weight is 247 g/mol. The third kappa shape index (κ3) is 2.70. The van der Waals surface area contributed by atoms with Crippen molar-refractivity contribution in [3.63, 3.8) is 0 Å². The minimum absolute atomic E-state index is 0.0293. The topological polar surface area (TPSA) is 29.9 Å². The van der Waals surface area contributed by atoms with Crippen molar-refractivity contribution in [2.24, 2.45) is 0 Å². The molecular weight excluding hydrogens is 229 g/mol. The van der Waals surface area contributed by atoms with Gasteiger partial charge in [-0.3, -0.25) is 4.68 Å². The van der Waals surface area contributed by atoms with Crippen LogP contribution in [0.5, 0.6) is 0 Å². The summed E-state index contributed by atoms with van der Waals surface area (Å²) in [6, 6.07) is 5.09. The van der Waals surface area contributed by atoms with Gasteiger partial charge in [0.25, 0.3) is 0 Å². The van der Waals surface area contributed by atoms with E-state index < -0.39 is 0 Å². The molecule has 2 rings (SSSR count). The Morgan fingerprint density at radius 3 is 2.89 bits per heavy atom. The maximum atomic E-state index is 13.6. The van der Waals surface area contributed by atoms with Crippen LogP contribution in [0, 0.1) is 12.7 Å². The van der Waals surface area contributed by atoms with E-state index >= 15 is 0 Å². The van der Waals surface area contributed by atoms with Crippen LogP contribution in [0.15, 0.2) is 30.6 Å². The number of nitrogens with zero attached hydrogens (tertiary/aromatic N) is 2. The number of rotatable bonds is 4. The third-order valence-corrected chi connectivity index (χ3v) is 2.97. The maximum absolute atomic E-state index is 13.6. The molecule has 1 N–H and O–H groups in total. The molecular formula is C14H18FN3. The summed E-state index contributed by atoms with van der Waals surface area (Å²) in [7, 11) is 0. The Kier molecular flexibility index (Phi) is 3.65. The van der Waals surface area contributed by atoms with Gasteiger partial charge in [0.1, 0.15) is 5.82 Å². The number of nitrogens with one attached hydrogen (secondary N) is 1. The Morgan fingerprint density at radius 2 is 2.22 bits per heavy atom. The summed E-state index contributed by atoms with van der Waals surface area (Å²) in [5, 5.41) is 7.40. The molecule has 1 unspecified atom stereocenters. The van der Waals surface area contributed by atoms with E-state index in [1.165, 1.54) is 6.07 Å². The minimum atomic E-state index is -0.227. The van der Waals surface area contributed by atoms with Gasteiger partial charge >= 0.3 is 0 Å². The summed E-state index contributed by atoms with van der Waals surface area (Å²) >= 11 is 0. The van der Waals surface area contributed by atoms with Crippen LogP contribution in [0.2, 0.25) is 0 Å². The van der Waals surface area contributed by atoms with Gasteiger partial charge in [-0.1, -0.05) is 6.07 Å². The second-order valence-electron chi connectivity index (χ2n) is 4.48. The zero-order valence-corrected chi connectivity index (χ0v) is 10.9. The second-order valence-corrected chi connectivity index (χ2v) is 4.48. The monoisotopic (exact) mass is 247 g/mol. The highest BCUT2D eigenvalue weighted by atomic mass is 19.1. The average Bonchev–Trinajstić information content (AvgIpc) is 2.82. The van der Waals surface area contributed by atoms with Gasteiger partial charge in [-0.2, -0.15) is 5.10 Å². The summed E-state index contributed by atoms with van der Waals surface area (Å²) in [6.07, 6.45) is 3.79. The van der Waals surface area contributed by atoms with E-state index in [0.29, 0.717) is 5.69 Å². The van der Waals surface area contributed by atoms with Crippen LogP contribution in [-0.2, 0) is 6.54 Å². The van der Waals surface area contributed by atoms with E-state index in [4.69, 9.17) is 0 Å². The number of benzene rings is 1. The highest BCUT2D eigenvalue weighted by molar-refractivity contribution is 5.48. The third-order valence-electron chi connectivity index (χ3n) is 2.97. The number of halogens is 1. The summed E-state index contributed by atoms with van der Waals surface area (Å²) in [5.41, 5.74) is 2.62. The first-order valence-corrected chi connectivity index (χ1v) is 6.15. The lowest BCUT2D eigenvalue weighted by molar-refractivity contribution is 0.627. The van der Waals surface area contributed by atoms with Crippen molar-refractivity contribution in [3.05, 3.63) is 47.5 Å². The van der Waals surface area contributed by atoms with E-state index in [9.17, 15) is 4.39 Å². The Morgan fingerprint density at radius 1 is 1.44 bits per heavy atom. The molecule has 1 atom stereocenters. The highest BCUT2D eigenvalue weighted by Gasteiger charge is 2.10. The summed E-state index contributed by atoms with van der Waals surface area (Å²) in [4.78, 5) is 0. The van der Waals surface area contributed by atoms with Gasteiger partial charge in [0, 0.05) is 18.3 Å². The van der Waals surface area contributed by atoms with Crippen molar-refractivity contribution in [1.29, 1.82) is 0 Å². The first kappa shape index (κ1) is 12.6. The van der Waals surface area contributed by atoms with E-state index in [2.05, 4.69) is 10.4 Å². The molecule has 18 heavy (non-hydrogen) atoms. The molecule has 4 heteroatoms. The molecule has 0 spiro atoms. The van der Waals surface area contributed by atoms with Gasteiger partial charge < -0.3 is 5.32 Å². The minimum Gasteiger partial charge on any atom is -0.376 e. The largest absolute Gasteiger partial charge is 0.376 e. The van der Waals surface area contributed by atoms with E-state index in [1.807, 2.05) is 43.9 Å². The van der Waals surface area contributed by atoms with E-state index in [0.717, 1.165) is 17.7 Å². The van der Waals surface area contributed by atoms with Crippen molar-refractivity contribution in [2.75, 3.05) is 5.32 Å². The molecule has 1 aromatic heterocycles. The Balaban J connectivity index is 2.15. The standard InChI is InChI=1S/C14H18FN3/c1-4-18-9-12(8-16-18)11(3)17-14-7-10(2)5-6-13(14)15/h5-9,11,17H,4H2,1-3H3. The lowest BCUT2D eigenvalue weighted by Crippen LogP contribution is -2.07. The molecule has 2 aromatic rings. The molecule has 0 aliphatic carbocycles. The van der Waals surface area contributed by atoms with Crippen molar-refractivity contribution in [3.8, 4) is 0 Å². The molecule has 1 aromatic carbocycles. The number of anilines is 1. The van der Waals surface area contributed by atoms with Crippen molar-refractivity contribution in [1.82, 2.24) is 9.78 Å². The number of hydrogen-bond donors (Lipinski definition) is 1. The van der Waals surface area contributed by atoms with Crippen molar-refractivity contribution >= 4 is 5.69 Å². The van der Waals surface area contributed by atoms with Crippen molar-refractivity contribution < 1.29 is 4.39 Å². The van der Waals surface area contributed by atoms with Crippen molar-refractivity contribution in [2.45, 2.75) is 33.4 Å². The van der Waals surface area contributed by atoms with E-state index in [-0.39, 0.29) is 11.9 Å². The van der Waals surface area contributed by atoms with Crippen LogP contribution in [-0.4, -0.2) is 9.78 Å². The predicted molar refractivity (Wildman–Crippen MR) is 71.1 cm³/mol. The van der Waals surface area contributed by atoms with Gasteiger partial charge in [-0.25, -0.2) is 4.39 Å². The fourth-order valence-electron chi connectivity index (χ4n) is 1.84. The smallest absolute Gasteiger partial charge is 0.146 e. The zero-order chi connectivity index (χ0) is 13.1. The Labute approximate surface area is 107 Å². The van der Waals surface area contributed by atoms with Crippen LogP contribution >= 0.6 is 0 Å². The molecule has 0 fully saturated rings. The maximum Gasteiger partial charge on any atom is 0.146 e. The number of aryl methyl sites for hydroxylation is 2. The van der Waals surface area contributed by atoms with Gasteiger partial charge in [0.15, 0.2) is 0 Å². The van der Waals surface area contributed by atoms with Gasteiger partial charge in [-0.05, 0) is 38.5 Å². The molecule has 3 nitrogen and oxygen atoms in total. The van der Waals surface area contributed by atoms with Crippen LogP contribution < -0.4 is 5.32 Å². The molecule has 96 valence electrons.